The van der Waals surface area contributed by atoms with Gasteiger partial charge in [0.05, 0.1) is 18.1 Å². The first-order valence-electron chi connectivity index (χ1n) is 8.67. The zero-order valence-corrected chi connectivity index (χ0v) is 17.1. The molecule has 0 bridgehead atoms. The molecule has 0 unspecified atom stereocenters. The lowest BCUT2D eigenvalue weighted by Crippen LogP contribution is -2.63. The summed E-state index contributed by atoms with van der Waals surface area (Å²) >= 11 is 1.41. The predicted octanol–water partition coefficient (Wildman–Crippen LogP) is -2.43. The van der Waals surface area contributed by atoms with Crippen LogP contribution < -0.4 is 15.2 Å². The molecule has 2 fully saturated rings. The molecule has 3 aliphatic rings. The number of hydrogen-bond donors (Lipinski definition) is 5. The molecule has 3 aliphatic heterocycles. The largest absolute Gasteiger partial charge is 0.477 e. The number of aliphatic hydroxyl groups is 1. The van der Waals surface area contributed by atoms with E-state index in [1.807, 2.05) is 6.92 Å². The Labute approximate surface area is 167 Å². The van der Waals surface area contributed by atoms with Crippen LogP contribution in [0, 0.1) is 11.8 Å². The van der Waals surface area contributed by atoms with Gasteiger partial charge in [-0.25, -0.2) is 14.7 Å². The number of carboxylic acids is 1. The number of carbonyl (C=O) groups excluding carboxylic acids is 1. The number of aliphatic hydroxyl groups excluding tert-OH is 1. The molecule has 0 spiro atoms. The molecule has 2 saturated heterocycles. The highest BCUT2D eigenvalue weighted by atomic mass is 32.2. The van der Waals surface area contributed by atoms with Crippen LogP contribution in [0.15, 0.2) is 10.6 Å². The van der Waals surface area contributed by atoms with Gasteiger partial charge < -0.3 is 25.9 Å². The van der Waals surface area contributed by atoms with Crippen LogP contribution in [0.3, 0.4) is 0 Å². The number of amides is 1. The fraction of sp³-hybridized carbons (Fsp3) is 0.733. The molecule has 11 nitrogen and oxygen atoms in total. The minimum atomic E-state index is -3.76. The Morgan fingerprint density at radius 3 is 2.68 bits per heavy atom. The van der Waals surface area contributed by atoms with Crippen LogP contribution in [0.1, 0.15) is 20.3 Å². The van der Waals surface area contributed by atoms with E-state index < -0.39 is 28.2 Å². The van der Waals surface area contributed by atoms with E-state index in [-0.39, 0.29) is 46.9 Å². The highest BCUT2D eigenvalue weighted by Crippen LogP contribution is 2.51. The van der Waals surface area contributed by atoms with Crippen LogP contribution in [0.5, 0.6) is 0 Å². The van der Waals surface area contributed by atoms with Crippen LogP contribution >= 0.6 is 11.8 Å². The maximum Gasteiger partial charge on any atom is 0.353 e. The van der Waals surface area contributed by atoms with Crippen molar-refractivity contribution < 1.29 is 33.7 Å². The smallest absolute Gasteiger partial charge is 0.353 e. The first-order valence-corrected chi connectivity index (χ1v) is 11.1. The number of carbonyl (C=O) groups is 2. The molecule has 0 aliphatic carbocycles. The SMILES string of the molecule is C[C@@H]1C(S[C@@H]2CN[C@@H](CNS(N)(=O)=O)C2)=C(C(=O)O)N2C(=O)[C@@H]([C@@H](C)O)[C@H]12.O. The summed E-state index contributed by atoms with van der Waals surface area (Å²) in [6.07, 6.45) is -0.197. The fourth-order valence-corrected chi connectivity index (χ4v) is 6.05. The Bertz CT molecular complexity index is 785. The van der Waals surface area contributed by atoms with Gasteiger partial charge in [-0.2, -0.15) is 8.42 Å². The van der Waals surface area contributed by atoms with Gasteiger partial charge in [-0.05, 0) is 13.3 Å². The van der Waals surface area contributed by atoms with Gasteiger partial charge >= 0.3 is 5.97 Å². The Morgan fingerprint density at radius 1 is 1.50 bits per heavy atom. The van der Waals surface area contributed by atoms with Gasteiger partial charge in [-0.3, -0.25) is 4.79 Å². The van der Waals surface area contributed by atoms with Crippen LogP contribution in [-0.4, -0.2) is 77.4 Å². The third-order valence-electron chi connectivity index (χ3n) is 5.32. The molecule has 1 amide bonds. The van der Waals surface area contributed by atoms with Crippen molar-refractivity contribution in [1.29, 1.82) is 0 Å². The van der Waals surface area contributed by atoms with Gasteiger partial charge in [0.1, 0.15) is 5.70 Å². The lowest BCUT2D eigenvalue weighted by molar-refractivity contribution is -0.163. The summed E-state index contributed by atoms with van der Waals surface area (Å²) in [6.45, 7) is 4.17. The Balaban J connectivity index is 0.00000280. The summed E-state index contributed by atoms with van der Waals surface area (Å²) < 4.78 is 24.3. The van der Waals surface area contributed by atoms with Crippen molar-refractivity contribution in [2.24, 2.45) is 17.0 Å². The molecule has 160 valence electrons. The Morgan fingerprint density at radius 2 is 2.14 bits per heavy atom. The molecule has 13 heteroatoms. The van der Waals surface area contributed by atoms with Gasteiger partial charge in [-0.1, -0.05) is 6.92 Å². The molecular weight excluding hydrogens is 412 g/mol. The topological polar surface area (TPSA) is 194 Å². The van der Waals surface area contributed by atoms with E-state index in [1.54, 1.807) is 6.92 Å². The van der Waals surface area contributed by atoms with Crippen LogP contribution in [0.2, 0.25) is 0 Å². The summed E-state index contributed by atoms with van der Waals surface area (Å²) in [5.74, 6) is -2.27. The van der Waals surface area contributed by atoms with Crippen molar-refractivity contribution in [3.8, 4) is 0 Å². The average molecular weight is 439 g/mol. The van der Waals surface area contributed by atoms with E-state index >= 15 is 0 Å². The summed E-state index contributed by atoms with van der Waals surface area (Å²) in [4.78, 5) is 26.1. The molecule has 28 heavy (non-hydrogen) atoms. The second kappa shape index (κ2) is 8.26. The van der Waals surface area contributed by atoms with Crippen molar-refractivity contribution in [2.75, 3.05) is 13.1 Å². The summed E-state index contributed by atoms with van der Waals surface area (Å²) in [5.41, 5.74) is 0.00510. The highest BCUT2D eigenvalue weighted by Gasteiger charge is 2.60. The van der Waals surface area contributed by atoms with Gasteiger partial charge in [0.15, 0.2) is 0 Å². The van der Waals surface area contributed by atoms with Crippen molar-refractivity contribution in [2.45, 2.75) is 43.7 Å². The van der Waals surface area contributed by atoms with Gasteiger partial charge in [-0.15, -0.1) is 11.8 Å². The molecule has 6 atom stereocenters. The van der Waals surface area contributed by atoms with Crippen molar-refractivity contribution in [3.05, 3.63) is 10.6 Å². The number of fused-ring (bicyclic) bond motifs is 1. The quantitative estimate of drug-likeness (QED) is 0.271. The molecule has 0 radical (unpaired) electrons. The lowest BCUT2D eigenvalue weighted by Gasteiger charge is -2.46. The number of nitrogens with one attached hydrogen (secondary N) is 2. The lowest BCUT2D eigenvalue weighted by atomic mass is 9.79. The van der Waals surface area contributed by atoms with Crippen molar-refractivity contribution >= 4 is 33.8 Å². The van der Waals surface area contributed by atoms with E-state index in [2.05, 4.69) is 10.0 Å². The number of nitrogens with two attached hydrogens (primary N) is 1. The van der Waals surface area contributed by atoms with Crippen molar-refractivity contribution in [3.63, 3.8) is 0 Å². The van der Waals surface area contributed by atoms with Gasteiger partial charge in [0.2, 0.25) is 5.91 Å². The minimum Gasteiger partial charge on any atom is -0.477 e. The summed E-state index contributed by atoms with van der Waals surface area (Å²) in [7, 11) is -3.76. The number of thioether (sulfide) groups is 1. The standard InChI is InChI=1S/C15H24N4O6S2.H2O/c1-6-11-10(7(2)20)14(21)19(11)12(15(22)23)13(6)26-9-3-8(17-5-9)4-18-27(16,24)25;/h6-11,17-18,20H,3-5H2,1-2H3,(H,22,23)(H2,16,24,25);1H2/t6-,7+,8+,9-,10-,11-;/m0./s1. The number of β-lactam (4-membered cyclic amide) rings is 1. The molecule has 3 rings (SSSR count). The molecular formula is C15H26N4O7S2. The van der Waals surface area contributed by atoms with E-state index in [1.165, 1.54) is 16.7 Å². The minimum absolute atomic E-state index is 0. The highest BCUT2D eigenvalue weighted by molar-refractivity contribution is 8.03. The summed E-state index contributed by atoms with van der Waals surface area (Å²) in [6, 6.07) is -0.435. The number of nitrogens with zero attached hydrogens (tertiary/aromatic N) is 1. The van der Waals surface area contributed by atoms with Crippen LogP contribution in [0.4, 0.5) is 0 Å². The number of hydrogen-bond acceptors (Lipinski definition) is 7. The molecule has 0 aromatic heterocycles. The first kappa shape index (κ1) is 23.1. The normalized spacial score (nSPS) is 33.4. The second-order valence-electron chi connectivity index (χ2n) is 7.25. The number of rotatable bonds is 7. The zero-order chi connectivity index (χ0) is 20.1. The third kappa shape index (κ3) is 4.20. The fourth-order valence-electron chi connectivity index (χ4n) is 4.10. The van der Waals surface area contributed by atoms with E-state index in [0.717, 1.165) is 0 Å². The van der Waals surface area contributed by atoms with Crippen molar-refractivity contribution in [1.82, 2.24) is 14.9 Å². The van der Waals surface area contributed by atoms with E-state index in [0.29, 0.717) is 17.9 Å². The first-order chi connectivity index (χ1) is 12.5. The molecule has 3 heterocycles. The number of carboxylic acid groups (broad SMARTS) is 1. The maximum absolute atomic E-state index is 12.3. The average Bonchev–Trinajstić information content (AvgIpc) is 3.07. The molecule has 0 aromatic rings. The molecule has 0 saturated carbocycles. The molecule has 8 N–H and O–H groups in total. The Hall–Kier alpha value is -1.22. The van der Waals surface area contributed by atoms with E-state index in [4.69, 9.17) is 5.14 Å². The molecule has 0 aromatic carbocycles. The predicted molar refractivity (Wildman–Crippen MR) is 102 cm³/mol. The van der Waals surface area contributed by atoms with Gasteiger partial charge in [0, 0.05) is 35.2 Å². The second-order valence-corrected chi connectivity index (χ2v) is 9.97. The van der Waals surface area contributed by atoms with Crippen LogP contribution in [0.25, 0.3) is 0 Å². The monoisotopic (exact) mass is 438 g/mol. The Kier molecular flexibility index (Phi) is 6.80. The van der Waals surface area contributed by atoms with Crippen LogP contribution in [-0.2, 0) is 19.8 Å². The number of aliphatic carboxylic acids is 1. The van der Waals surface area contributed by atoms with E-state index in [9.17, 15) is 28.2 Å². The summed E-state index contributed by atoms with van der Waals surface area (Å²) in [5, 5.41) is 27.7. The maximum atomic E-state index is 12.3. The third-order valence-corrected chi connectivity index (χ3v) is 7.40. The zero-order valence-electron chi connectivity index (χ0n) is 15.5. The van der Waals surface area contributed by atoms with Gasteiger partial charge in [0.25, 0.3) is 10.2 Å².